The molecule has 1 aromatic heterocycles. The monoisotopic (exact) mass is 389 g/mol. The molecule has 0 atom stereocenters. The number of rotatable bonds is 3. The first-order valence-corrected chi connectivity index (χ1v) is 10.3. The molecule has 0 bridgehead atoms. The van der Waals surface area contributed by atoms with Crippen LogP contribution in [0.3, 0.4) is 0 Å². The number of likely N-dealkylation sites (N-methyl/N-ethyl adjacent to an activating group) is 1. The lowest BCUT2D eigenvalue weighted by atomic mass is 9.96. The Morgan fingerprint density at radius 3 is 2.48 bits per heavy atom. The fourth-order valence-corrected chi connectivity index (χ4v) is 4.38. The van der Waals surface area contributed by atoms with Crippen LogP contribution in [-0.4, -0.2) is 71.6 Å². The van der Waals surface area contributed by atoms with Gasteiger partial charge in [-0.1, -0.05) is 24.3 Å². The van der Waals surface area contributed by atoms with Crippen molar-refractivity contribution in [1.29, 1.82) is 0 Å². The summed E-state index contributed by atoms with van der Waals surface area (Å²) in [6.45, 7) is 5.26. The number of hydrogen-bond donors (Lipinski definition) is 0. The van der Waals surface area contributed by atoms with Crippen LogP contribution in [0.25, 0.3) is 22.4 Å². The molecule has 2 fully saturated rings. The van der Waals surface area contributed by atoms with Gasteiger partial charge in [-0.2, -0.15) is 0 Å². The summed E-state index contributed by atoms with van der Waals surface area (Å²) in [5, 5.41) is 0. The number of carbonyl (C=O) groups excluding carboxylic acids is 1. The summed E-state index contributed by atoms with van der Waals surface area (Å²) in [4.78, 5) is 24.2. The van der Waals surface area contributed by atoms with Crippen LogP contribution in [0.15, 0.2) is 48.5 Å². The van der Waals surface area contributed by atoms with Crippen LogP contribution >= 0.6 is 0 Å². The van der Waals surface area contributed by atoms with Gasteiger partial charge in [0.05, 0.1) is 17.0 Å². The zero-order chi connectivity index (χ0) is 20.0. The number of benzene rings is 2. The first-order valence-electron chi connectivity index (χ1n) is 10.3. The number of aromatic nitrogens is 2. The zero-order valence-corrected chi connectivity index (χ0v) is 17.1. The van der Waals surface area contributed by atoms with Crippen molar-refractivity contribution >= 4 is 22.6 Å². The molecule has 2 aliphatic rings. The van der Waals surface area contributed by atoms with Gasteiger partial charge in [-0.05, 0) is 31.3 Å². The summed E-state index contributed by atoms with van der Waals surface area (Å²) in [6, 6.07) is 16.7. The molecule has 3 heterocycles. The maximum Gasteiger partial charge on any atom is 0.229 e. The topological polar surface area (TPSA) is 44.6 Å². The second-order valence-corrected chi connectivity index (χ2v) is 8.26. The number of nitrogens with zero attached hydrogens (tertiary/aromatic N) is 5. The van der Waals surface area contributed by atoms with Gasteiger partial charge < -0.3 is 19.3 Å². The molecule has 0 saturated carbocycles. The Balaban J connectivity index is 1.30. The van der Waals surface area contributed by atoms with Crippen LogP contribution < -0.4 is 4.90 Å². The Bertz CT molecular complexity index is 1040. The largest absolute Gasteiger partial charge is 0.370 e. The number of aryl methyl sites for hydroxylation is 1. The smallest absolute Gasteiger partial charge is 0.229 e. The van der Waals surface area contributed by atoms with Crippen LogP contribution in [0.2, 0.25) is 0 Å². The van der Waals surface area contributed by atoms with E-state index < -0.39 is 0 Å². The number of piperazine rings is 1. The normalized spacial score (nSPS) is 18.3. The van der Waals surface area contributed by atoms with E-state index in [9.17, 15) is 4.79 Å². The van der Waals surface area contributed by atoms with Crippen LogP contribution in [0, 0.1) is 5.92 Å². The van der Waals surface area contributed by atoms with Gasteiger partial charge in [0.15, 0.2) is 0 Å². The number of carbonyl (C=O) groups is 1. The fourth-order valence-electron chi connectivity index (χ4n) is 4.38. The Hall–Kier alpha value is -2.86. The Labute approximate surface area is 171 Å². The van der Waals surface area contributed by atoms with Gasteiger partial charge in [-0.15, -0.1) is 0 Å². The quantitative estimate of drug-likeness (QED) is 0.690. The number of para-hydroxylation sites is 2. The van der Waals surface area contributed by atoms with Gasteiger partial charge in [0.1, 0.15) is 5.82 Å². The molecule has 0 radical (unpaired) electrons. The lowest BCUT2D eigenvalue weighted by Crippen LogP contribution is -2.57. The van der Waals surface area contributed by atoms with Gasteiger partial charge in [-0.25, -0.2) is 4.98 Å². The standard InChI is InChI=1S/C23H27N5O/c1-25-10-12-27(13-11-25)23(29)18-15-28(16-18)19-7-5-6-17(14-19)22-24-20-8-3-4-9-21(20)26(22)2/h3-9,14,18H,10-13,15-16H2,1-2H3. The van der Waals surface area contributed by atoms with Crippen molar-refractivity contribution in [2.45, 2.75) is 0 Å². The highest BCUT2D eigenvalue weighted by Gasteiger charge is 2.36. The highest BCUT2D eigenvalue weighted by atomic mass is 16.2. The van der Waals surface area contributed by atoms with Crippen molar-refractivity contribution < 1.29 is 4.79 Å². The molecular weight excluding hydrogens is 362 g/mol. The number of amides is 1. The maximum absolute atomic E-state index is 12.8. The van der Waals surface area contributed by atoms with E-state index in [0.717, 1.165) is 67.4 Å². The van der Waals surface area contributed by atoms with Gasteiger partial charge in [0.25, 0.3) is 0 Å². The molecule has 2 aliphatic heterocycles. The second kappa shape index (κ2) is 7.19. The van der Waals surface area contributed by atoms with E-state index in [-0.39, 0.29) is 5.92 Å². The molecule has 29 heavy (non-hydrogen) atoms. The molecule has 5 rings (SSSR count). The summed E-state index contributed by atoms with van der Waals surface area (Å²) in [6.07, 6.45) is 0. The van der Waals surface area contributed by atoms with Crippen molar-refractivity contribution in [3.63, 3.8) is 0 Å². The van der Waals surface area contributed by atoms with Crippen LogP contribution in [0.5, 0.6) is 0 Å². The molecule has 1 amide bonds. The van der Waals surface area contributed by atoms with E-state index in [2.05, 4.69) is 58.8 Å². The van der Waals surface area contributed by atoms with Gasteiger partial charge >= 0.3 is 0 Å². The summed E-state index contributed by atoms with van der Waals surface area (Å²) in [5.74, 6) is 1.41. The van der Waals surface area contributed by atoms with E-state index >= 15 is 0 Å². The predicted molar refractivity (Wildman–Crippen MR) is 116 cm³/mol. The van der Waals surface area contributed by atoms with Crippen LogP contribution in [-0.2, 0) is 11.8 Å². The number of anilines is 1. The molecule has 2 aromatic carbocycles. The predicted octanol–water partition coefficient (Wildman–Crippen LogP) is 2.45. The third-order valence-electron chi connectivity index (χ3n) is 6.30. The van der Waals surface area contributed by atoms with Crippen molar-refractivity contribution in [2.75, 3.05) is 51.2 Å². The SMILES string of the molecule is CN1CCN(C(=O)C2CN(c3cccc(-c4nc5ccccc5n4C)c3)C2)CC1. The van der Waals surface area contributed by atoms with Crippen molar-refractivity contribution in [2.24, 2.45) is 13.0 Å². The lowest BCUT2D eigenvalue weighted by Gasteiger charge is -2.43. The second-order valence-electron chi connectivity index (χ2n) is 8.26. The molecule has 3 aromatic rings. The molecule has 6 heteroatoms. The average Bonchev–Trinajstić information content (AvgIpc) is 3.04. The van der Waals surface area contributed by atoms with Crippen LogP contribution in [0.1, 0.15) is 0 Å². The van der Waals surface area contributed by atoms with Gasteiger partial charge in [-0.3, -0.25) is 4.79 Å². The molecule has 6 nitrogen and oxygen atoms in total. The minimum atomic E-state index is 0.123. The fraction of sp³-hybridized carbons (Fsp3) is 0.391. The molecule has 0 aliphatic carbocycles. The lowest BCUT2D eigenvalue weighted by molar-refractivity contribution is -0.137. The number of hydrogen-bond acceptors (Lipinski definition) is 4. The molecule has 0 spiro atoms. The van der Waals surface area contributed by atoms with E-state index in [4.69, 9.17) is 4.98 Å². The highest BCUT2D eigenvalue weighted by Crippen LogP contribution is 2.31. The molecular formula is C23H27N5O. The molecule has 2 saturated heterocycles. The maximum atomic E-state index is 12.8. The first kappa shape index (κ1) is 18.2. The average molecular weight is 390 g/mol. The summed E-state index contributed by atoms with van der Waals surface area (Å²) < 4.78 is 2.14. The van der Waals surface area contributed by atoms with Gasteiger partial charge in [0.2, 0.25) is 5.91 Å². The van der Waals surface area contributed by atoms with E-state index in [0.29, 0.717) is 5.91 Å². The Kier molecular flexibility index (Phi) is 4.51. The summed E-state index contributed by atoms with van der Waals surface area (Å²) >= 11 is 0. The van der Waals surface area contributed by atoms with Crippen molar-refractivity contribution in [3.05, 3.63) is 48.5 Å². The Morgan fingerprint density at radius 2 is 1.72 bits per heavy atom. The number of fused-ring (bicyclic) bond motifs is 1. The Morgan fingerprint density at radius 1 is 0.966 bits per heavy atom. The third kappa shape index (κ3) is 3.27. The third-order valence-corrected chi connectivity index (χ3v) is 6.30. The van der Waals surface area contributed by atoms with Crippen molar-refractivity contribution in [3.8, 4) is 11.4 Å². The molecule has 0 N–H and O–H groups in total. The van der Waals surface area contributed by atoms with Gasteiger partial charge in [0, 0.05) is 57.6 Å². The minimum absolute atomic E-state index is 0.123. The minimum Gasteiger partial charge on any atom is -0.370 e. The molecule has 0 unspecified atom stereocenters. The van der Waals surface area contributed by atoms with E-state index in [1.807, 2.05) is 23.1 Å². The van der Waals surface area contributed by atoms with Crippen LogP contribution in [0.4, 0.5) is 5.69 Å². The van der Waals surface area contributed by atoms with Crippen molar-refractivity contribution in [1.82, 2.24) is 19.4 Å². The molecule has 150 valence electrons. The van der Waals surface area contributed by atoms with E-state index in [1.165, 1.54) is 0 Å². The summed E-state index contributed by atoms with van der Waals surface area (Å²) in [7, 11) is 4.18. The highest BCUT2D eigenvalue weighted by molar-refractivity contribution is 5.83. The zero-order valence-electron chi connectivity index (χ0n) is 17.1. The first-order chi connectivity index (χ1) is 14.1. The van der Waals surface area contributed by atoms with E-state index in [1.54, 1.807) is 0 Å². The summed E-state index contributed by atoms with van der Waals surface area (Å²) in [5.41, 5.74) is 4.42. The number of imidazole rings is 1.